The first-order valence-corrected chi connectivity index (χ1v) is 29.8. The summed E-state index contributed by atoms with van der Waals surface area (Å²) in [4.78, 5) is 0. The summed E-state index contributed by atoms with van der Waals surface area (Å²) < 4.78 is 16.1. The predicted molar refractivity (Wildman–Crippen MR) is 312 cm³/mol. The summed E-state index contributed by atoms with van der Waals surface area (Å²) in [6.07, 6.45) is 7.31. The first-order valence-electron chi connectivity index (χ1n) is 27.3. The van der Waals surface area contributed by atoms with Crippen LogP contribution in [-0.2, 0) is 52.4 Å². The van der Waals surface area contributed by atoms with Crippen molar-refractivity contribution in [2.24, 2.45) is 11.8 Å². The highest BCUT2D eigenvalue weighted by Gasteiger charge is 2.44. The maximum Gasteiger partial charge on any atom is 0.0922 e. The highest BCUT2D eigenvalue weighted by atomic mass is 31.1. The average molecular weight is 987 g/mol. The van der Waals surface area contributed by atoms with Crippen LogP contribution in [0.3, 0.4) is 0 Å². The fraction of sp³-hybridized carbons (Fsp3) is 0.636. The molecule has 0 amide bonds. The highest BCUT2D eigenvalue weighted by Crippen LogP contribution is 2.53. The van der Waals surface area contributed by atoms with E-state index < -0.39 is 16.3 Å². The molecule has 0 spiro atoms. The van der Waals surface area contributed by atoms with Gasteiger partial charge in [0, 0.05) is 21.2 Å². The third kappa shape index (κ3) is 13.7. The third-order valence-electron chi connectivity index (χ3n) is 15.6. The molecule has 386 valence electrons. The summed E-state index contributed by atoms with van der Waals surface area (Å²) in [5, 5.41) is 5.42. The zero-order chi connectivity index (χ0) is 52.5. The van der Waals surface area contributed by atoms with Crippen LogP contribution in [-0.4, -0.2) is 12.2 Å². The number of rotatable bonds is 9. The molecule has 0 aromatic heterocycles. The maximum absolute atomic E-state index is 8.03. The zero-order valence-corrected chi connectivity index (χ0v) is 51.0. The van der Waals surface area contributed by atoms with E-state index in [1.54, 1.807) is 0 Å². The molecule has 0 unspecified atom stereocenters. The Morgan fingerprint density at radius 2 is 0.443 bits per heavy atom. The second-order valence-electron chi connectivity index (χ2n) is 30.1. The Balaban J connectivity index is 1.51. The monoisotopic (exact) mass is 987 g/mol. The van der Waals surface area contributed by atoms with Crippen LogP contribution in [0.5, 0.6) is 0 Å². The SMILES string of the molecule is CC(C)(C)c1cc(P(O[C@H]2CCC[C@@H]2[C@H]2CCC[C@@H]2OP(c2cc(C(C)(C)C)cc(C(C)(C)C)c2)c2cc(C(C)(C)C)cc(C(C)(C)C)c2)c2cc(C(C)(C)C)cc(C(C)(C)C)c2)cc(C(C)(C)C)c1. The molecular formula is C66H100O2P2. The van der Waals surface area contributed by atoms with Crippen molar-refractivity contribution in [3.05, 3.63) is 117 Å². The van der Waals surface area contributed by atoms with Gasteiger partial charge in [-0.1, -0.05) is 203 Å². The van der Waals surface area contributed by atoms with E-state index in [4.69, 9.17) is 9.05 Å². The fourth-order valence-corrected chi connectivity index (χ4v) is 14.5. The van der Waals surface area contributed by atoms with Gasteiger partial charge in [0.15, 0.2) is 0 Å². The van der Waals surface area contributed by atoms with Gasteiger partial charge in [-0.3, -0.25) is 0 Å². The van der Waals surface area contributed by atoms with Crippen LogP contribution < -0.4 is 21.2 Å². The van der Waals surface area contributed by atoms with Gasteiger partial charge in [-0.2, -0.15) is 0 Å². The Kier molecular flexibility index (Phi) is 16.3. The van der Waals surface area contributed by atoms with Gasteiger partial charge < -0.3 is 9.05 Å². The lowest BCUT2D eigenvalue weighted by Gasteiger charge is -2.36. The minimum Gasteiger partial charge on any atom is -0.346 e. The third-order valence-corrected chi connectivity index (χ3v) is 19.4. The lowest BCUT2D eigenvalue weighted by Crippen LogP contribution is -2.34. The van der Waals surface area contributed by atoms with E-state index in [0.29, 0.717) is 11.8 Å². The number of hydrogen-bond donors (Lipinski definition) is 0. The van der Waals surface area contributed by atoms with Crippen molar-refractivity contribution in [3.8, 4) is 0 Å². The normalized spacial score (nSPS) is 20.3. The summed E-state index contributed by atoms with van der Waals surface area (Å²) in [5.41, 5.74) is 11.2. The van der Waals surface area contributed by atoms with E-state index in [1.807, 2.05) is 0 Å². The first-order chi connectivity index (χ1) is 31.7. The molecule has 0 aliphatic heterocycles. The van der Waals surface area contributed by atoms with Gasteiger partial charge in [-0.05, 0) is 174 Å². The van der Waals surface area contributed by atoms with Gasteiger partial charge in [-0.15, -0.1) is 0 Å². The molecule has 2 aliphatic carbocycles. The molecule has 2 aliphatic rings. The van der Waals surface area contributed by atoms with Crippen LogP contribution in [0.25, 0.3) is 0 Å². The van der Waals surface area contributed by atoms with E-state index >= 15 is 0 Å². The summed E-state index contributed by atoms with van der Waals surface area (Å²) >= 11 is 0. The maximum atomic E-state index is 8.03. The van der Waals surface area contributed by atoms with E-state index in [-0.39, 0.29) is 55.5 Å². The van der Waals surface area contributed by atoms with Crippen molar-refractivity contribution >= 4 is 37.5 Å². The molecule has 0 heterocycles. The van der Waals surface area contributed by atoms with Gasteiger partial charge in [0.05, 0.1) is 28.5 Å². The second-order valence-corrected chi connectivity index (χ2v) is 33.8. The molecule has 4 aromatic carbocycles. The Bertz CT molecular complexity index is 2000. The standard InChI is InChI=1S/C66H100O2P2/c1-59(2,3)43-31-44(60(4,5)6)36-51(35-43)69(52-37-45(61(7,8)9)32-46(38-52)62(10,11)12)67-57-29-25-27-55(57)56-28-26-30-58(56)68-70(53-39-47(63(13,14)15)33-48(40-53)64(16,17)18)54-41-49(65(19,20)21)34-50(42-54)66(22,23)24/h31-42,55-58H,25-30H2,1-24H3/t55-,56-,57+,58+/m1/s1. The lowest BCUT2D eigenvalue weighted by atomic mass is 9.81. The van der Waals surface area contributed by atoms with Crippen LogP contribution in [0.15, 0.2) is 72.8 Å². The molecular weight excluding hydrogens is 887 g/mol. The van der Waals surface area contributed by atoms with Crippen LogP contribution in [0.1, 0.15) is 249 Å². The van der Waals surface area contributed by atoms with E-state index in [9.17, 15) is 0 Å². The van der Waals surface area contributed by atoms with Crippen LogP contribution in [0.4, 0.5) is 0 Å². The summed E-state index contributed by atoms with van der Waals surface area (Å²) in [7, 11) is -2.31. The minimum atomic E-state index is -1.16. The van der Waals surface area contributed by atoms with Crippen molar-refractivity contribution in [2.75, 3.05) is 0 Å². The molecule has 0 bridgehead atoms. The minimum absolute atomic E-state index is 0.00356. The molecule has 0 N–H and O–H groups in total. The molecule has 2 saturated carbocycles. The van der Waals surface area contributed by atoms with Crippen LogP contribution >= 0.6 is 16.3 Å². The first kappa shape index (κ1) is 56.9. The predicted octanol–water partition coefficient (Wildman–Crippen LogP) is 17.8. The Labute approximate surface area is 433 Å². The van der Waals surface area contributed by atoms with Gasteiger partial charge in [0.25, 0.3) is 0 Å². The molecule has 0 saturated heterocycles. The highest BCUT2D eigenvalue weighted by molar-refractivity contribution is 7.69. The number of hydrogen-bond acceptors (Lipinski definition) is 2. The van der Waals surface area contributed by atoms with Crippen LogP contribution in [0, 0.1) is 11.8 Å². The van der Waals surface area contributed by atoms with Crippen molar-refractivity contribution in [1.29, 1.82) is 0 Å². The molecule has 4 aromatic rings. The lowest BCUT2D eigenvalue weighted by molar-refractivity contribution is 0.0789. The molecule has 6 rings (SSSR count). The fourth-order valence-electron chi connectivity index (χ4n) is 10.3. The van der Waals surface area contributed by atoms with Crippen molar-refractivity contribution in [1.82, 2.24) is 0 Å². The number of benzene rings is 4. The van der Waals surface area contributed by atoms with Crippen LogP contribution in [0.2, 0.25) is 0 Å². The smallest absolute Gasteiger partial charge is 0.0922 e. The molecule has 4 heteroatoms. The summed E-state index contributed by atoms with van der Waals surface area (Å²) in [6, 6.07) is 30.1. The molecule has 2 nitrogen and oxygen atoms in total. The average Bonchev–Trinajstić information content (AvgIpc) is 3.87. The van der Waals surface area contributed by atoms with E-state index in [0.717, 1.165) is 12.8 Å². The Morgan fingerprint density at radius 1 is 0.271 bits per heavy atom. The summed E-state index contributed by atoms with van der Waals surface area (Å²) in [6.45, 7) is 56.9. The molecule has 2 fully saturated rings. The van der Waals surface area contributed by atoms with Crippen molar-refractivity contribution < 1.29 is 9.05 Å². The van der Waals surface area contributed by atoms with E-state index in [1.165, 1.54) is 91.4 Å². The molecule has 70 heavy (non-hydrogen) atoms. The largest absolute Gasteiger partial charge is 0.346 e. The Morgan fingerprint density at radius 3 is 0.600 bits per heavy atom. The van der Waals surface area contributed by atoms with Gasteiger partial charge in [0.2, 0.25) is 0 Å². The quantitative estimate of drug-likeness (QED) is 0.156. The van der Waals surface area contributed by atoms with Crippen molar-refractivity contribution in [2.45, 2.75) is 260 Å². The Hall–Kier alpha value is -2.34. The zero-order valence-electron chi connectivity index (χ0n) is 49.2. The van der Waals surface area contributed by atoms with Gasteiger partial charge in [0.1, 0.15) is 0 Å². The molecule has 0 radical (unpaired) electrons. The van der Waals surface area contributed by atoms with Gasteiger partial charge >= 0.3 is 0 Å². The van der Waals surface area contributed by atoms with E-state index in [2.05, 4.69) is 239 Å². The van der Waals surface area contributed by atoms with Gasteiger partial charge in [-0.25, -0.2) is 0 Å². The topological polar surface area (TPSA) is 18.5 Å². The summed E-state index contributed by atoms with van der Waals surface area (Å²) in [5.74, 6) is 0.874. The second kappa shape index (κ2) is 20.1. The van der Waals surface area contributed by atoms with Crippen molar-refractivity contribution in [3.63, 3.8) is 0 Å². The molecule has 4 atom stereocenters.